The SMILES string of the molecule is NC(=NCCc1cccs1)NC1CCC1. The summed E-state index contributed by atoms with van der Waals surface area (Å²) in [6.07, 6.45) is 4.78. The van der Waals surface area contributed by atoms with Crippen LogP contribution in [0.4, 0.5) is 0 Å². The van der Waals surface area contributed by atoms with Gasteiger partial charge in [0.25, 0.3) is 0 Å². The van der Waals surface area contributed by atoms with Crippen molar-refractivity contribution in [2.45, 2.75) is 31.7 Å². The maximum Gasteiger partial charge on any atom is 0.188 e. The standard InChI is InChI=1S/C11H17N3S/c12-11(14-9-3-1-4-9)13-7-6-10-5-2-8-15-10/h2,5,8-9H,1,3-4,6-7H2,(H3,12,13,14). The van der Waals surface area contributed by atoms with Gasteiger partial charge in [-0.15, -0.1) is 11.3 Å². The first-order valence-corrected chi connectivity index (χ1v) is 6.31. The highest BCUT2D eigenvalue weighted by Gasteiger charge is 2.16. The number of hydrogen-bond donors (Lipinski definition) is 2. The van der Waals surface area contributed by atoms with E-state index in [9.17, 15) is 0 Å². The van der Waals surface area contributed by atoms with Crippen molar-refractivity contribution in [3.63, 3.8) is 0 Å². The minimum absolute atomic E-state index is 0.579. The highest BCUT2D eigenvalue weighted by Crippen LogP contribution is 2.17. The summed E-state index contributed by atoms with van der Waals surface area (Å²) in [5.74, 6) is 0.608. The van der Waals surface area contributed by atoms with Gasteiger partial charge in [0.2, 0.25) is 0 Å². The molecule has 1 saturated carbocycles. The van der Waals surface area contributed by atoms with Gasteiger partial charge in [-0.05, 0) is 30.7 Å². The van der Waals surface area contributed by atoms with Gasteiger partial charge in [0.05, 0.1) is 0 Å². The van der Waals surface area contributed by atoms with Crippen LogP contribution in [0.2, 0.25) is 0 Å². The van der Waals surface area contributed by atoms with Crippen molar-refractivity contribution in [3.8, 4) is 0 Å². The van der Waals surface area contributed by atoms with Gasteiger partial charge in [0, 0.05) is 23.9 Å². The molecule has 1 aromatic rings. The second-order valence-corrected chi connectivity index (χ2v) is 4.90. The van der Waals surface area contributed by atoms with Crippen LogP contribution in [-0.2, 0) is 6.42 Å². The first-order chi connectivity index (χ1) is 7.34. The average molecular weight is 223 g/mol. The number of hydrogen-bond acceptors (Lipinski definition) is 2. The minimum atomic E-state index is 0.579. The van der Waals surface area contributed by atoms with Crippen LogP contribution in [0.3, 0.4) is 0 Å². The molecular formula is C11H17N3S. The van der Waals surface area contributed by atoms with Gasteiger partial charge in [-0.1, -0.05) is 6.07 Å². The fourth-order valence-electron chi connectivity index (χ4n) is 1.55. The molecule has 0 amide bonds. The highest BCUT2D eigenvalue weighted by molar-refractivity contribution is 7.09. The molecule has 1 aromatic heterocycles. The highest BCUT2D eigenvalue weighted by atomic mass is 32.1. The molecule has 3 N–H and O–H groups in total. The Hall–Kier alpha value is -1.03. The Labute approximate surface area is 94.4 Å². The lowest BCUT2D eigenvalue weighted by molar-refractivity contribution is 0.382. The number of nitrogens with one attached hydrogen (secondary N) is 1. The van der Waals surface area contributed by atoms with Crippen molar-refractivity contribution >= 4 is 17.3 Å². The maximum atomic E-state index is 5.77. The quantitative estimate of drug-likeness (QED) is 0.603. The molecule has 3 nitrogen and oxygen atoms in total. The second kappa shape index (κ2) is 5.16. The third-order valence-corrected chi connectivity index (χ3v) is 3.61. The van der Waals surface area contributed by atoms with Crippen LogP contribution in [0.25, 0.3) is 0 Å². The van der Waals surface area contributed by atoms with Gasteiger partial charge in [-0.25, -0.2) is 0 Å². The van der Waals surface area contributed by atoms with E-state index in [2.05, 4.69) is 27.8 Å². The Kier molecular flexibility index (Phi) is 3.61. The van der Waals surface area contributed by atoms with Gasteiger partial charge in [-0.2, -0.15) is 0 Å². The summed E-state index contributed by atoms with van der Waals surface area (Å²) in [6, 6.07) is 4.78. The average Bonchev–Trinajstić information content (AvgIpc) is 2.64. The van der Waals surface area contributed by atoms with Gasteiger partial charge in [-0.3, -0.25) is 4.99 Å². The van der Waals surface area contributed by atoms with Gasteiger partial charge < -0.3 is 11.1 Å². The first kappa shape index (κ1) is 10.5. The lowest BCUT2D eigenvalue weighted by Gasteiger charge is -2.26. The number of nitrogens with two attached hydrogens (primary N) is 1. The van der Waals surface area contributed by atoms with Gasteiger partial charge in [0.1, 0.15) is 0 Å². The summed E-state index contributed by atoms with van der Waals surface area (Å²) in [4.78, 5) is 5.68. The number of rotatable bonds is 4. The number of nitrogens with zero attached hydrogens (tertiary/aromatic N) is 1. The lowest BCUT2D eigenvalue weighted by atomic mass is 9.93. The van der Waals surface area contributed by atoms with Crippen molar-refractivity contribution in [2.24, 2.45) is 10.7 Å². The number of thiophene rings is 1. The molecule has 0 radical (unpaired) electrons. The molecule has 0 saturated heterocycles. The van der Waals surface area contributed by atoms with Crippen LogP contribution in [0.1, 0.15) is 24.1 Å². The van der Waals surface area contributed by atoms with E-state index in [1.807, 2.05) is 0 Å². The molecule has 0 bridgehead atoms. The smallest absolute Gasteiger partial charge is 0.188 e. The fraction of sp³-hybridized carbons (Fsp3) is 0.545. The molecule has 0 atom stereocenters. The van der Waals surface area contributed by atoms with E-state index in [-0.39, 0.29) is 0 Å². The molecule has 1 aliphatic carbocycles. The van der Waals surface area contributed by atoms with Crippen LogP contribution >= 0.6 is 11.3 Å². The molecule has 0 spiro atoms. The van der Waals surface area contributed by atoms with E-state index in [1.165, 1.54) is 24.1 Å². The Bertz CT molecular complexity index is 315. The summed E-state index contributed by atoms with van der Waals surface area (Å²) >= 11 is 1.77. The third kappa shape index (κ3) is 3.23. The molecule has 4 heteroatoms. The number of aliphatic imine (C=N–C) groups is 1. The zero-order valence-electron chi connectivity index (χ0n) is 8.78. The van der Waals surface area contributed by atoms with Crippen molar-refractivity contribution < 1.29 is 0 Å². The zero-order chi connectivity index (χ0) is 10.5. The van der Waals surface area contributed by atoms with E-state index in [4.69, 9.17) is 5.73 Å². The Morgan fingerprint density at radius 3 is 3.07 bits per heavy atom. The Morgan fingerprint density at radius 1 is 1.60 bits per heavy atom. The summed E-state index contributed by atoms with van der Waals surface area (Å²) in [6.45, 7) is 0.784. The summed E-state index contributed by atoms with van der Waals surface area (Å²) < 4.78 is 0. The summed E-state index contributed by atoms with van der Waals surface area (Å²) in [5, 5.41) is 5.32. The van der Waals surface area contributed by atoms with Crippen molar-refractivity contribution in [1.29, 1.82) is 0 Å². The first-order valence-electron chi connectivity index (χ1n) is 5.43. The van der Waals surface area contributed by atoms with Crippen LogP contribution in [0.15, 0.2) is 22.5 Å². The predicted octanol–water partition coefficient (Wildman–Crippen LogP) is 1.75. The Balaban J connectivity index is 1.68. The second-order valence-electron chi connectivity index (χ2n) is 3.87. The van der Waals surface area contributed by atoms with E-state index in [0.717, 1.165) is 13.0 Å². The van der Waals surface area contributed by atoms with Crippen molar-refractivity contribution in [1.82, 2.24) is 5.32 Å². The normalized spacial score (nSPS) is 17.5. The van der Waals surface area contributed by atoms with Crippen LogP contribution in [-0.4, -0.2) is 18.5 Å². The number of guanidine groups is 1. The van der Waals surface area contributed by atoms with Gasteiger partial charge >= 0.3 is 0 Å². The van der Waals surface area contributed by atoms with E-state index in [1.54, 1.807) is 11.3 Å². The van der Waals surface area contributed by atoms with E-state index >= 15 is 0 Å². The predicted molar refractivity (Wildman–Crippen MR) is 65.3 cm³/mol. The van der Waals surface area contributed by atoms with Crippen molar-refractivity contribution in [3.05, 3.63) is 22.4 Å². The van der Waals surface area contributed by atoms with E-state index < -0.39 is 0 Å². The molecule has 0 aliphatic heterocycles. The third-order valence-electron chi connectivity index (χ3n) is 2.68. The van der Waals surface area contributed by atoms with Crippen molar-refractivity contribution in [2.75, 3.05) is 6.54 Å². The molecule has 1 heterocycles. The zero-order valence-corrected chi connectivity index (χ0v) is 9.59. The van der Waals surface area contributed by atoms with Gasteiger partial charge in [0.15, 0.2) is 5.96 Å². The largest absolute Gasteiger partial charge is 0.370 e. The van der Waals surface area contributed by atoms with Crippen LogP contribution in [0.5, 0.6) is 0 Å². The molecule has 1 aliphatic rings. The summed E-state index contributed by atoms with van der Waals surface area (Å²) in [5.41, 5.74) is 5.77. The molecule has 82 valence electrons. The monoisotopic (exact) mass is 223 g/mol. The Morgan fingerprint density at radius 2 is 2.47 bits per heavy atom. The van der Waals surface area contributed by atoms with Crippen LogP contribution < -0.4 is 11.1 Å². The molecule has 2 rings (SSSR count). The molecule has 0 unspecified atom stereocenters. The molecule has 0 aromatic carbocycles. The molecule has 15 heavy (non-hydrogen) atoms. The fourth-order valence-corrected chi connectivity index (χ4v) is 2.25. The van der Waals surface area contributed by atoms with E-state index in [0.29, 0.717) is 12.0 Å². The summed E-state index contributed by atoms with van der Waals surface area (Å²) in [7, 11) is 0. The maximum absolute atomic E-state index is 5.77. The molecule has 1 fully saturated rings. The minimum Gasteiger partial charge on any atom is -0.370 e. The lowest BCUT2D eigenvalue weighted by Crippen LogP contribution is -2.43. The molecular weight excluding hydrogens is 206 g/mol. The topological polar surface area (TPSA) is 50.4 Å². The van der Waals surface area contributed by atoms with Crippen LogP contribution in [0, 0.1) is 0 Å².